The van der Waals surface area contributed by atoms with Crippen molar-refractivity contribution >= 4 is 29.2 Å². The monoisotopic (exact) mass is 368 g/mol. The van der Waals surface area contributed by atoms with Crippen molar-refractivity contribution in [2.24, 2.45) is 0 Å². The zero-order valence-electron chi connectivity index (χ0n) is 15.8. The van der Waals surface area contributed by atoms with Crippen LogP contribution in [0.2, 0.25) is 0 Å². The number of ether oxygens (including phenoxy) is 1. The number of para-hydroxylation sites is 1. The van der Waals surface area contributed by atoms with Crippen LogP contribution in [0.25, 0.3) is 0 Å². The van der Waals surface area contributed by atoms with E-state index in [1.807, 2.05) is 51.1 Å². The molecule has 0 saturated heterocycles. The highest BCUT2D eigenvalue weighted by Gasteiger charge is 2.11. The van der Waals surface area contributed by atoms with Crippen LogP contribution in [-0.2, 0) is 19.1 Å². The normalized spacial score (nSPS) is 10.2. The average Bonchev–Trinajstić information content (AvgIpc) is 2.63. The summed E-state index contributed by atoms with van der Waals surface area (Å²) < 4.78 is 4.92. The van der Waals surface area contributed by atoms with E-state index < -0.39 is 11.9 Å². The second kappa shape index (κ2) is 9.52. The topological polar surface area (TPSA) is 84.5 Å². The number of aryl methyl sites for hydroxylation is 3. The molecule has 2 N–H and O–H groups in total. The molecule has 0 spiro atoms. The minimum Gasteiger partial charge on any atom is -0.456 e. The van der Waals surface area contributed by atoms with Crippen LogP contribution in [-0.4, -0.2) is 24.4 Å². The van der Waals surface area contributed by atoms with Gasteiger partial charge in [-0.1, -0.05) is 24.3 Å². The number of carbonyl (C=O) groups excluding carboxylic acids is 3. The van der Waals surface area contributed by atoms with Gasteiger partial charge in [-0.25, -0.2) is 0 Å². The van der Waals surface area contributed by atoms with Gasteiger partial charge in [0.25, 0.3) is 5.91 Å². The first-order valence-corrected chi connectivity index (χ1v) is 8.73. The van der Waals surface area contributed by atoms with Crippen LogP contribution in [0.3, 0.4) is 0 Å². The number of hydrogen-bond donors (Lipinski definition) is 2. The standard InChI is InChI=1S/C21H24N2O4/c1-14-8-9-17(12-16(14)3)22-20(25)13-27-21(26)11-10-19(24)23-18-7-5-4-6-15(18)2/h4-9,12H,10-11,13H2,1-3H3,(H,22,25)(H,23,24). The van der Waals surface area contributed by atoms with Gasteiger partial charge < -0.3 is 15.4 Å². The minimum absolute atomic E-state index is 0.00799. The molecule has 0 heterocycles. The molecule has 2 rings (SSSR count). The van der Waals surface area contributed by atoms with Crippen molar-refractivity contribution in [3.63, 3.8) is 0 Å². The third-order valence-electron chi connectivity index (χ3n) is 4.13. The number of amides is 2. The summed E-state index contributed by atoms with van der Waals surface area (Å²) in [6, 6.07) is 12.9. The third-order valence-corrected chi connectivity index (χ3v) is 4.13. The zero-order chi connectivity index (χ0) is 19.8. The first kappa shape index (κ1) is 20.2. The van der Waals surface area contributed by atoms with E-state index in [0.29, 0.717) is 11.4 Å². The second-order valence-electron chi connectivity index (χ2n) is 6.37. The summed E-state index contributed by atoms with van der Waals surface area (Å²) in [5, 5.41) is 5.42. The van der Waals surface area contributed by atoms with Gasteiger partial charge in [0, 0.05) is 17.8 Å². The Kier molecular flexibility index (Phi) is 7.11. The van der Waals surface area contributed by atoms with E-state index in [1.54, 1.807) is 12.1 Å². The maximum atomic E-state index is 11.9. The van der Waals surface area contributed by atoms with Gasteiger partial charge in [0.2, 0.25) is 5.91 Å². The molecule has 2 amide bonds. The lowest BCUT2D eigenvalue weighted by molar-refractivity contribution is -0.147. The molecular formula is C21H24N2O4. The number of benzene rings is 2. The molecule has 0 aliphatic rings. The predicted octanol–water partition coefficient (Wildman–Crippen LogP) is 3.51. The van der Waals surface area contributed by atoms with E-state index in [1.165, 1.54) is 0 Å². The maximum absolute atomic E-state index is 11.9. The number of hydrogen-bond acceptors (Lipinski definition) is 4. The van der Waals surface area contributed by atoms with Gasteiger partial charge in [-0.15, -0.1) is 0 Å². The number of rotatable bonds is 7. The highest BCUT2D eigenvalue weighted by atomic mass is 16.5. The molecule has 6 nitrogen and oxygen atoms in total. The fourth-order valence-corrected chi connectivity index (χ4v) is 2.38. The van der Waals surface area contributed by atoms with Gasteiger partial charge in [-0.2, -0.15) is 0 Å². The Balaban J connectivity index is 1.70. The Hall–Kier alpha value is -3.15. The number of esters is 1. The van der Waals surface area contributed by atoms with Crippen molar-refractivity contribution in [3.05, 3.63) is 59.2 Å². The fraction of sp³-hybridized carbons (Fsp3) is 0.286. The van der Waals surface area contributed by atoms with Crippen LogP contribution in [0.5, 0.6) is 0 Å². The molecule has 0 saturated carbocycles. The van der Waals surface area contributed by atoms with E-state index in [4.69, 9.17) is 4.74 Å². The molecule has 0 fully saturated rings. The Labute approximate surface area is 158 Å². The van der Waals surface area contributed by atoms with Crippen LogP contribution in [0.4, 0.5) is 11.4 Å². The zero-order valence-corrected chi connectivity index (χ0v) is 15.8. The molecular weight excluding hydrogens is 344 g/mol. The molecule has 142 valence electrons. The summed E-state index contributed by atoms with van der Waals surface area (Å²) in [6.45, 7) is 5.44. The first-order chi connectivity index (χ1) is 12.8. The van der Waals surface area contributed by atoms with E-state index in [2.05, 4.69) is 10.6 Å². The Morgan fingerprint density at radius 1 is 0.815 bits per heavy atom. The molecule has 0 radical (unpaired) electrons. The summed E-state index contributed by atoms with van der Waals surface area (Å²) in [5.74, 6) is -1.29. The quantitative estimate of drug-likeness (QED) is 0.733. The average molecular weight is 368 g/mol. The largest absolute Gasteiger partial charge is 0.456 e. The van der Waals surface area contributed by atoms with Crippen molar-refractivity contribution in [1.29, 1.82) is 0 Å². The lowest BCUT2D eigenvalue weighted by Crippen LogP contribution is -2.22. The number of nitrogens with one attached hydrogen (secondary N) is 2. The van der Waals surface area contributed by atoms with Crippen LogP contribution in [0.1, 0.15) is 29.5 Å². The number of carbonyl (C=O) groups is 3. The Bertz CT molecular complexity index is 846. The van der Waals surface area contributed by atoms with E-state index in [0.717, 1.165) is 16.7 Å². The smallest absolute Gasteiger partial charge is 0.306 e. The first-order valence-electron chi connectivity index (χ1n) is 8.73. The lowest BCUT2D eigenvalue weighted by Gasteiger charge is -2.09. The van der Waals surface area contributed by atoms with Crippen LogP contribution in [0, 0.1) is 20.8 Å². The predicted molar refractivity (Wildman–Crippen MR) is 105 cm³/mol. The molecule has 27 heavy (non-hydrogen) atoms. The Morgan fingerprint density at radius 2 is 1.56 bits per heavy atom. The SMILES string of the molecule is Cc1ccc(NC(=O)COC(=O)CCC(=O)Nc2ccccc2C)cc1C. The van der Waals surface area contributed by atoms with Crippen molar-refractivity contribution in [3.8, 4) is 0 Å². The fourth-order valence-electron chi connectivity index (χ4n) is 2.38. The molecule has 0 unspecified atom stereocenters. The molecule has 0 atom stereocenters. The molecule has 0 aliphatic heterocycles. The Morgan fingerprint density at radius 3 is 2.26 bits per heavy atom. The maximum Gasteiger partial charge on any atom is 0.306 e. The summed E-state index contributed by atoms with van der Waals surface area (Å²) in [6.07, 6.45) is -0.0966. The molecule has 0 bridgehead atoms. The molecule has 2 aromatic rings. The summed E-state index contributed by atoms with van der Waals surface area (Å²) in [5.41, 5.74) is 4.49. The highest BCUT2D eigenvalue weighted by Crippen LogP contribution is 2.15. The van der Waals surface area contributed by atoms with E-state index >= 15 is 0 Å². The molecule has 6 heteroatoms. The van der Waals surface area contributed by atoms with E-state index in [-0.39, 0.29) is 25.4 Å². The van der Waals surface area contributed by atoms with Crippen molar-refractivity contribution in [1.82, 2.24) is 0 Å². The van der Waals surface area contributed by atoms with Crippen LogP contribution < -0.4 is 10.6 Å². The molecule has 0 aliphatic carbocycles. The van der Waals surface area contributed by atoms with Crippen LogP contribution >= 0.6 is 0 Å². The summed E-state index contributed by atoms with van der Waals surface area (Å²) >= 11 is 0. The van der Waals surface area contributed by atoms with Gasteiger partial charge >= 0.3 is 5.97 Å². The molecule has 0 aromatic heterocycles. The van der Waals surface area contributed by atoms with Gasteiger partial charge in [0.15, 0.2) is 6.61 Å². The lowest BCUT2D eigenvalue weighted by atomic mass is 10.1. The second-order valence-corrected chi connectivity index (χ2v) is 6.37. The van der Waals surface area contributed by atoms with Gasteiger partial charge in [0.05, 0.1) is 6.42 Å². The summed E-state index contributed by atoms with van der Waals surface area (Å²) in [4.78, 5) is 35.5. The molecule has 2 aromatic carbocycles. The van der Waals surface area contributed by atoms with Gasteiger partial charge in [0.1, 0.15) is 0 Å². The third kappa shape index (κ3) is 6.58. The van der Waals surface area contributed by atoms with Crippen molar-refractivity contribution < 1.29 is 19.1 Å². The number of anilines is 2. The summed E-state index contributed by atoms with van der Waals surface area (Å²) in [7, 11) is 0. The van der Waals surface area contributed by atoms with Gasteiger partial charge in [-0.3, -0.25) is 14.4 Å². The van der Waals surface area contributed by atoms with Crippen LogP contribution in [0.15, 0.2) is 42.5 Å². The van der Waals surface area contributed by atoms with Crippen molar-refractivity contribution in [2.45, 2.75) is 33.6 Å². The highest BCUT2D eigenvalue weighted by molar-refractivity contribution is 5.94. The minimum atomic E-state index is -0.592. The van der Waals surface area contributed by atoms with Crippen molar-refractivity contribution in [2.75, 3.05) is 17.2 Å². The van der Waals surface area contributed by atoms with E-state index in [9.17, 15) is 14.4 Å². The van der Waals surface area contributed by atoms with Gasteiger partial charge in [-0.05, 0) is 55.7 Å².